The molecular formula is C23H28N2O3. The minimum atomic E-state index is -0.473. The van der Waals surface area contributed by atoms with Crippen LogP contribution in [-0.4, -0.2) is 43.7 Å². The van der Waals surface area contributed by atoms with Crippen LogP contribution < -0.4 is 10.1 Å². The summed E-state index contributed by atoms with van der Waals surface area (Å²) >= 11 is 0. The number of carbonyl (C=O) groups is 1. The Kier molecular flexibility index (Phi) is 5.93. The number of hydrogen-bond acceptors (Lipinski definition) is 5. The molecule has 2 atom stereocenters. The third kappa shape index (κ3) is 4.37. The molecule has 0 saturated carbocycles. The molecule has 3 aliphatic heterocycles. The summed E-state index contributed by atoms with van der Waals surface area (Å²) in [7, 11) is 1.66. The summed E-state index contributed by atoms with van der Waals surface area (Å²) < 4.78 is 11.2. The molecule has 0 aliphatic carbocycles. The van der Waals surface area contributed by atoms with Crippen LogP contribution in [0.1, 0.15) is 30.0 Å². The zero-order chi connectivity index (χ0) is 19.3. The average Bonchev–Trinajstić information content (AvgIpc) is 2.76. The van der Waals surface area contributed by atoms with E-state index in [2.05, 4.69) is 10.2 Å². The maximum atomic E-state index is 13.1. The Morgan fingerprint density at radius 3 is 2.43 bits per heavy atom. The zero-order valence-corrected chi connectivity index (χ0v) is 16.3. The maximum absolute atomic E-state index is 13.1. The summed E-state index contributed by atoms with van der Waals surface area (Å²) in [5.74, 6) is 1.15. The van der Waals surface area contributed by atoms with Gasteiger partial charge in [0.2, 0.25) is 0 Å². The summed E-state index contributed by atoms with van der Waals surface area (Å²) in [6.07, 6.45) is 2.28. The van der Waals surface area contributed by atoms with Gasteiger partial charge >= 0.3 is 5.97 Å². The number of rotatable bonds is 7. The van der Waals surface area contributed by atoms with Gasteiger partial charge in [0.1, 0.15) is 17.9 Å². The zero-order valence-electron chi connectivity index (χ0n) is 16.3. The number of ether oxygens (including phenoxy) is 2. The lowest BCUT2D eigenvalue weighted by Crippen LogP contribution is -2.52. The maximum Gasteiger partial charge on any atom is 0.328 e. The molecule has 3 saturated heterocycles. The predicted molar refractivity (Wildman–Crippen MR) is 108 cm³/mol. The number of fused-ring (bicyclic) bond motifs is 3. The smallest absolute Gasteiger partial charge is 0.328 e. The molecule has 2 aromatic carbocycles. The van der Waals surface area contributed by atoms with Crippen molar-refractivity contribution in [3.63, 3.8) is 0 Å². The number of piperidine rings is 3. The molecule has 28 heavy (non-hydrogen) atoms. The fourth-order valence-electron chi connectivity index (χ4n) is 4.21. The van der Waals surface area contributed by atoms with Crippen LogP contribution in [0.2, 0.25) is 0 Å². The van der Waals surface area contributed by atoms with Crippen molar-refractivity contribution in [3.8, 4) is 5.75 Å². The summed E-state index contributed by atoms with van der Waals surface area (Å²) in [4.78, 5) is 15.5. The SMILES string of the molecule is COc1ccc(CNC(C(=O)OC2CN3CCC2CC3)c2ccccc2)cc1. The Morgan fingerprint density at radius 1 is 1.11 bits per heavy atom. The van der Waals surface area contributed by atoms with Gasteiger partial charge in [-0.1, -0.05) is 42.5 Å². The summed E-state index contributed by atoms with van der Waals surface area (Å²) in [6, 6.07) is 17.2. The second-order valence-corrected chi connectivity index (χ2v) is 7.69. The molecule has 5 nitrogen and oxygen atoms in total. The monoisotopic (exact) mass is 380 g/mol. The van der Waals surface area contributed by atoms with Crippen LogP contribution in [0.25, 0.3) is 0 Å². The summed E-state index contributed by atoms with van der Waals surface area (Å²) in [6.45, 7) is 3.72. The van der Waals surface area contributed by atoms with E-state index in [0.717, 1.165) is 49.4 Å². The highest BCUT2D eigenvalue weighted by Crippen LogP contribution is 2.30. The van der Waals surface area contributed by atoms with Gasteiger partial charge in [-0.2, -0.15) is 0 Å². The first-order valence-electron chi connectivity index (χ1n) is 10.1. The van der Waals surface area contributed by atoms with Crippen LogP contribution in [0.3, 0.4) is 0 Å². The second-order valence-electron chi connectivity index (χ2n) is 7.69. The van der Waals surface area contributed by atoms with Crippen molar-refractivity contribution in [1.29, 1.82) is 0 Å². The topological polar surface area (TPSA) is 50.8 Å². The highest BCUT2D eigenvalue weighted by Gasteiger charge is 2.37. The molecule has 0 amide bonds. The molecular weight excluding hydrogens is 352 g/mol. The van der Waals surface area contributed by atoms with Crippen LogP contribution in [-0.2, 0) is 16.1 Å². The first-order chi connectivity index (χ1) is 13.7. The van der Waals surface area contributed by atoms with Crippen LogP contribution >= 0.6 is 0 Å². The average molecular weight is 380 g/mol. The second kappa shape index (κ2) is 8.76. The van der Waals surface area contributed by atoms with E-state index in [1.807, 2.05) is 54.6 Å². The lowest BCUT2D eigenvalue weighted by Gasteiger charge is -2.44. The fraction of sp³-hybridized carbons (Fsp3) is 0.435. The van der Waals surface area contributed by atoms with E-state index in [9.17, 15) is 4.79 Å². The van der Waals surface area contributed by atoms with Gasteiger partial charge in [-0.15, -0.1) is 0 Å². The van der Waals surface area contributed by atoms with E-state index in [1.54, 1.807) is 7.11 Å². The molecule has 2 bridgehead atoms. The quantitative estimate of drug-likeness (QED) is 0.748. The Balaban J connectivity index is 1.44. The van der Waals surface area contributed by atoms with Crippen molar-refractivity contribution in [1.82, 2.24) is 10.2 Å². The molecule has 0 radical (unpaired) electrons. The number of benzene rings is 2. The van der Waals surface area contributed by atoms with E-state index in [1.165, 1.54) is 0 Å². The molecule has 5 heteroatoms. The number of methoxy groups -OCH3 is 1. The largest absolute Gasteiger partial charge is 0.497 e. The van der Waals surface area contributed by atoms with Gasteiger partial charge in [-0.3, -0.25) is 10.2 Å². The van der Waals surface area contributed by atoms with Crippen LogP contribution in [0, 0.1) is 5.92 Å². The molecule has 0 spiro atoms. The van der Waals surface area contributed by atoms with Gasteiger partial charge in [-0.25, -0.2) is 4.79 Å². The third-order valence-corrected chi connectivity index (χ3v) is 5.90. The lowest BCUT2D eigenvalue weighted by atomic mass is 9.86. The highest BCUT2D eigenvalue weighted by atomic mass is 16.5. The van der Waals surface area contributed by atoms with Gasteiger partial charge in [0.05, 0.1) is 7.11 Å². The van der Waals surface area contributed by atoms with Crippen molar-refractivity contribution in [2.24, 2.45) is 5.92 Å². The van der Waals surface area contributed by atoms with Crippen molar-refractivity contribution in [2.75, 3.05) is 26.7 Å². The number of esters is 1. The molecule has 5 rings (SSSR count). The fourth-order valence-corrected chi connectivity index (χ4v) is 4.21. The minimum absolute atomic E-state index is 0.0176. The third-order valence-electron chi connectivity index (χ3n) is 5.90. The first-order valence-corrected chi connectivity index (χ1v) is 10.1. The van der Waals surface area contributed by atoms with Gasteiger partial charge in [0.15, 0.2) is 0 Å². The molecule has 0 aromatic heterocycles. The van der Waals surface area contributed by atoms with Gasteiger partial charge < -0.3 is 9.47 Å². The molecule has 2 unspecified atom stereocenters. The van der Waals surface area contributed by atoms with Crippen molar-refractivity contribution in [3.05, 3.63) is 65.7 Å². The Morgan fingerprint density at radius 2 is 1.82 bits per heavy atom. The van der Waals surface area contributed by atoms with E-state index < -0.39 is 6.04 Å². The van der Waals surface area contributed by atoms with Crippen molar-refractivity contribution < 1.29 is 14.3 Å². The number of nitrogens with one attached hydrogen (secondary N) is 1. The molecule has 2 aromatic rings. The molecule has 3 aliphatic rings. The van der Waals surface area contributed by atoms with Gasteiger partial charge in [-0.05, 0) is 55.1 Å². The standard InChI is InChI=1S/C23H28N2O3/c1-27-20-9-7-17(8-10-20)15-24-22(19-5-3-2-4-6-19)23(26)28-21-16-25-13-11-18(21)12-14-25/h2-10,18,21-22,24H,11-16H2,1H3. The first kappa shape index (κ1) is 19.0. The highest BCUT2D eigenvalue weighted by molar-refractivity contribution is 5.78. The normalized spacial score (nSPS) is 24.5. The summed E-state index contributed by atoms with van der Waals surface area (Å²) in [5, 5.41) is 3.39. The van der Waals surface area contributed by atoms with Gasteiger partial charge in [0, 0.05) is 13.1 Å². The predicted octanol–water partition coefficient (Wildman–Crippen LogP) is 3.16. The Hall–Kier alpha value is -2.37. The number of hydrogen-bond donors (Lipinski definition) is 1. The van der Waals surface area contributed by atoms with Crippen LogP contribution in [0.15, 0.2) is 54.6 Å². The van der Waals surface area contributed by atoms with Crippen molar-refractivity contribution >= 4 is 5.97 Å². The number of nitrogens with zero attached hydrogens (tertiary/aromatic N) is 1. The van der Waals surface area contributed by atoms with E-state index in [-0.39, 0.29) is 12.1 Å². The van der Waals surface area contributed by atoms with E-state index in [4.69, 9.17) is 9.47 Å². The summed E-state index contributed by atoms with van der Waals surface area (Å²) in [5.41, 5.74) is 2.03. The molecule has 1 N–H and O–H groups in total. The van der Waals surface area contributed by atoms with Crippen molar-refractivity contribution in [2.45, 2.75) is 31.5 Å². The number of carbonyl (C=O) groups excluding carboxylic acids is 1. The van der Waals surface area contributed by atoms with Crippen LogP contribution in [0.4, 0.5) is 0 Å². The van der Waals surface area contributed by atoms with Gasteiger partial charge in [0.25, 0.3) is 0 Å². The van der Waals surface area contributed by atoms with Crippen LogP contribution in [0.5, 0.6) is 5.75 Å². The minimum Gasteiger partial charge on any atom is -0.497 e. The Labute approximate surface area is 166 Å². The molecule has 3 fully saturated rings. The Bertz CT molecular complexity index is 770. The van der Waals surface area contributed by atoms with E-state index >= 15 is 0 Å². The molecule has 148 valence electrons. The lowest BCUT2D eigenvalue weighted by molar-refractivity contribution is -0.161. The molecule has 3 heterocycles. The van der Waals surface area contributed by atoms with E-state index in [0.29, 0.717) is 12.5 Å².